The van der Waals surface area contributed by atoms with Gasteiger partial charge in [-0.2, -0.15) is 0 Å². The number of rotatable bonds is 4. The normalized spacial score (nSPS) is 26.0. The van der Waals surface area contributed by atoms with Gasteiger partial charge in [-0.15, -0.1) is 0 Å². The number of ether oxygens (including phenoxy) is 1. The van der Waals surface area contributed by atoms with Gasteiger partial charge in [0.1, 0.15) is 0 Å². The van der Waals surface area contributed by atoms with E-state index in [2.05, 4.69) is 64.2 Å². The fourth-order valence-corrected chi connectivity index (χ4v) is 7.54. The smallest absolute Gasteiger partial charge is 0.0865 e. The van der Waals surface area contributed by atoms with Crippen LogP contribution in [-0.2, 0) is 4.74 Å². The van der Waals surface area contributed by atoms with E-state index in [1.165, 1.54) is 0 Å². The highest BCUT2D eigenvalue weighted by atomic mass is 28.3. The fraction of sp³-hybridized carbons (Fsp3) is 0.600. The molecule has 0 amide bonds. The Morgan fingerprint density at radius 3 is 2.06 bits per heavy atom. The molecule has 1 aromatic rings. The zero-order valence-electron chi connectivity index (χ0n) is 11.6. The van der Waals surface area contributed by atoms with Crippen LogP contribution in [0.3, 0.4) is 0 Å². The molecule has 3 atom stereocenters. The van der Waals surface area contributed by atoms with Gasteiger partial charge in [0.2, 0.25) is 0 Å². The second kappa shape index (κ2) is 4.58. The zero-order chi connectivity index (χ0) is 12.6. The van der Waals surface area contributed by atoms with Gasteiger partial charge in [-0.25, -0.2) is 0 Å². The standard InChI is InChI=1S/C15H24OSi/c1-11(2)15(14-12(3)16-14)17(4,5)13-9-7-6-8-10-13/h6-12,14-15H,1-5H3/t12-,14-,15+/m1/s1. The van der Waals surface area contributed by atoms with Crippen molar-refractivity contribution in [3.63, 3.8) is 0 Å². The Morgan fingerprint density at radius 2 is 1.65 bits per heavy atom. The molecule has 2 rings (SSSR count). The summed E-state index contributed by atoms with van der Waals surface area (Å²) in [6.45, 7) is 11.9. The van der Waals surface area contributed by atoms with Crippen molar-refractivity contribution in [2.24, 2.45) is 5.92 Å². The summed E-state index contributed by atoms with van der Waals surface area (Å²) in [6.07, 6.45) is 0.967. The van der Waals surface area contributed by atoms with E-state index in [9.17, 15) is 0 Å². The molecular weight excluding hydrogens is 224 g/mol. The van der Waals surface area contributed by atoms with Crippen molar-refractivity contribution >= 4 is 13.3 Å². The van der Waals surface area contributed by atoms with E-state index in [4.69, 9.17) is 4.74 Å². The third kappa shape index (κ3) is 2.48. The first-order valence-corrected chi connectivity index (χ1v) is 9.73. The van der Waals surface area contributed by atoms with Crippen LogP contribution in [-0.4, -0.2) is 20.3 Å². The number of epoxide rings is 1. The molecule has 1 fully saturated rings. The zero-order valence-corrected chi connectivity index (χ0v) is 12.6. The number of hydrogen-bond donors (Lipinski definition) is 0. The molecule has 1 aliphatic rings. The lowest BCUT2D eigenvalue weighted by Crippen LogP contribution is -2.49. The van der Waals surface area contributed by atoms with Crippen molar-refractivity contribution in [1.29, 1.82) is 0 Å². The second-order valence-corrected chi connectivity index (χ2v) is 10.9. The highest BCUT2D eigenvalue weighted by Crippen LogP contribution is 2.43. The molecule has 0 saturated carbocycles. The van der Waals surface area contributed by atoms with Crippen molar-refractivity contribution < 1.29 is 4.74 Å². The molecule has 0 spiro atoms. The van der Waals surface area contributed by atoms with Gasteiger partial charge in [-0.1, -0.05) is 62.5 Å². The van der Waals surface area contributed by atoms with E-state index in [0.717, 1.165) is 5.54 Å². The largest absolute Gasteiger partial charge is 0.370 e. The number of hydrogen-bond acceptors (Lipinski definition) is 1. The van der Waals surface area contributed by atoms with E-state index < -0.39 is 8.07 Å². The third-order valence-corrected chi connectivity index (χ3v) is 8.66. The summed E-state index contributed by atoms with van der Waals surface area (Å²) in [4.78, 5) is 0. The molecule has 1 aromatic carbocycles. The predicted molar refractivity (Wildman–Crippen MR) is 76.5 cm³/mol. The van der Waals surface area contributed by atoms with Crippen LogP contribution >= 0.6 is 0 Å². The topological polar surface area (TPSA) is 12.5 Å². The lowest BCUT2D eigenvalue weighted by molar-refractivity contribution is 0.348. The Balaban J connectivity index is 2.29. The van der Waals surface area contributed by atoms with Crippen molar-refractivity contribution in [2.45, 2.75) is 51.6 Å². The molecule has 1 saturated heterocycles. The molecule has 17 heavy (non-hydrogen) atoms. The van der Waals surface area contributed by atoms with Crippen LogP contribution in [0.2, 0.25) is 18.6 Å². The van der Waals surface area contributed by atoms with Gasteiger partial charge >= 0.3 is 0 Å². The summed E-state index contributed by atoms with van der Waals surface area (Å²) in [6, 6.07) is 11.0. The maximum Gasteiger partial charge on any atom is 0.0865 e. The Labute approximate surface area is 106 Å². The Hall–Kier alpha value is -0.603. The van der Waals surface area contributed by atoms with Crippen molar-refractivity contribution in [3.05, 3.63) is 30.3 Å². The van der Waals surface area contributed by atoms with Gasteiger partial charge in [0.05, 0.1) is 20.3 Å². The van der Waals surface area contributed by atoms with Crippen LogP contribution in [0.5, 0.6) is 0 Å². The van der Waals surface area contributed by atoms with Crippen LogP contribution in [0, 0.1) is 5.92 Å². The minimum absolute atomic E-state index is 0.470. The van der Waals surface area contributed by atoms with Crippen LogP contribution < -0.4 is 5.19 Å². The monoisotopic (exact) mass is 248 g/mol. The first-order chi connectivity index (χ1) is 7.94. The van der Waals surface area contributed by atoms with Crippen LogP contribution in [0.1, 0.15) is 20.8 Å². The third-order valence-electron chi connectivity index (χ3n) is 4.18. The van der Waals surface area contributed by atoms with Gasteiger partial charge < -0.3 is 4.74 Å². The molecule has 1 nitrogen and oxygen atoms in total. The van der Waals surface area contributed by atoms with E-state index in [1.54, 1.807) is 5.19 Å². The predicted octanol–water partition coefficient (Wildman–Crippen LogP) is 3.42. The molecular formula is C15H24OSi. The summed E-state index contributed by atoms with van der Waals surface area (Å²) in [5.41, 5.74) is 0.722. The van der Waals surface area contributed by atoms with Gasteiger partial charge in [-0.3, -0.25) is 0 Å². The first-order valence-electron chi connectivity index (χ1n) is 6.65. The minimum Gasteiger partial charge on any atom is -0.370 e. The molecule has 0 aliphatic carbocycles. The van der Waals surface area contributed by atoms with E-state index in [1.807, 2.05) is 0 Å². The Morgan fingerprint density at radius 1 is 1.12 bits per heavy atom. The molecule has 0 radical (unpaired) electrons. The summed E-state index contributed by atoms with van der Waals surface area (Å²) < 4.78 is 5.78. The molecule has 1 aliphatic heterocycles. The van der Waals surface area contributed by atoms with Crippen LogP contribution in [0.15, 0.2) is 30.3 Å². The van der Waals surface area contributed by atoms with E-state index >= 15 is 0 Å². The van der Waals surface area contributed by atoms with Gasteiger partial charge in [0.15, 0.2) is 0 Å². The molecule has 2 heteroatoms. The lowest BCUT2D eigenvalue weighted by atomic mass is 10.1. The molecule has 0 unspecified atom stereocenters. The summed E-state index contributed by atoms with van der Waals surface area (Å²) in [7, 11) is -1.44. The average Bonchev–Trinajstić information content (AvgIpc) is 2.95. The molecule has 0 bridgehead atoms. The van der Waals surface area contributed by atoms with Crippen LogP contribution in [0.4, 0.5) is 0 Å². The summed E-state index contributed by atoms with van der Waals surface area (Å²) >= 11 is 0. The number of benzene rings is 1. The second-order valence-electron chi connectivity index (χ2n) is 6.16. The highest BCUT2D eigenvalue weighted by molar-refractivity contribution is 6.91. The van der Waals surface area contributed by atoms with E-state index in [0.29, 0.717) is 18.1 Å². The quantitative estimate of drug-likeness (QED) is 0.587. The molecule has 1 heterocycles. The van der Waals surface area contributed by atoms with Crippen molar-refractivity contribution in [2.75, 3.05) is 0 Å². The summed E-state index contributed by atoms with van der Waals surface area (Å²) in [5, 5.41) is 1.56. The highest BCUT2D eigenvalue weighted by Gasteiger charge is 2.50. The fourth-order valence-electron chi connectivity index (χ4n) is 3.26. The van der Waals surface area contributed by atoms with Gasteiger partial charge in [0.25, 0.3) is 0 Å². The Kier molecular flexibility index (Phi) is 3.46. The van der Waals surface area contributed by atoms with Crippen LogP contribution in [0.25, 0.3) is 0 Å². The average molecular weight is 248 g/mol. The summed E-state index contributed by atoms with van der Waals surface area (Å²) in [5.74, 6) is 0.701. The Bertz CT molecular complexity index is 372. The maximum absolute atomic E-state index is 5.78. The minimum atomic E-state index is -1.44. The van der Waals surface area contributed by atoms with Crippen molar-refractivity contribution in [1.82, 2.24) is 0 Å². The van der Waals surface area contributed by atoms with Gasteiger partial charge in [0, 0.05) is 0 Å². The van der Waals surface area contributed by atoms with Gasteiger partial charge in [-0.05, 0) is 18.4 Å². The lowest BCUT2D eigenvalue weighted by Gasteiger charge is -2.35. The SMILES string of the molecule is CC(C)[C@@H]([C@@H]1O[C@@H]1C)[Si](C)(C)c1ccccc1. The van der Waals surface area contributed by atoms with E-state index in [-0.39, 0.29) is 0 Å². The van der Waals surface area contributed by atoms with Crippen molar-refractivity contribution in [3.8, 4) is 0 Å². The maximum atomic E-state index is 5.78. The molecule has 0 aromatic heterocycles. The molecule has 0 N–H and O–H groups in total. The molecule has 94 valence electrons. The first kappa shape index (κ1) is 12.8.